The molecule has 0 aliphatic rings. The van der Waals surface area contributed by atoms with Crippen molar-refractivity contribution in [1.29, 1.82) is 0 Å². The summed E-state index contributed by atoms with van der Waals surface area (Å²) in [4.78, 5) is 23.0. The predicted molar refractivity (Wildman–Crippen MR) is 84.1 cm³/mol. The molecule has 0 aliphatic carbocycles. The summed E-state index contributed by atoms with van der Waals surface area (Å²) in [7, 11) is 0. The zero-order valence-electron chi connectivity index (χ0n) is 11.5. The zero-order chi connectivity index (χ0) is 15.9. The predicted octanol–water partition coefficient (Wildman–Crippen LogP) is 2.60. The number of anilines is 1. The molecule has 22 heavy (non-hydrogen) atoms. The number of hydrogen-bond donors (Lipinski definition) is 3. The SMILES string of the molecule is NC(=O)c1ccccc1NC(=O)NCOc1ccc(Cl)cc1. The lowest BCUT2D eigenvalue weighted by atomic mass is 10.1. The van der Waals surface area contributed by atoms with Gasteiger partial charge in [-0.05, 0) is 36.4 Å². The highest BCUT2D eigenvalue weighted by molar-refractivity contribution is 6.30. The van der Waals surface area contributed by atoms with E-state index in [1.54, 1.807) is 42.5 Å². The van der Waals surface area contributed by atoms with E-state index in [0.717, 1.165) is 0 Å². The van der Waals surface area contributed by atoms with Crippen molar-refractivity contribution in [2.24, 2.45) is 5.73 Å². The summed E-state index contributed by atoms with van der Waals surface area (Å²) < 4.78 is 5.32. The molecule has 2 aromatic rings. The van der Waals surface area contributed by atoms with Gasteiger partial charge in [0.25, 0.3) is 5.91 Å². The second-order valence-electron chi connectivity index (χ2n) is 4.28. The van der Waals surface area contributed by atoms with E-state index in [-0.39, 0.29) is 12.3 Å². The van der Waals surface area contributed by atoms with E-state index in [1.165, 1.54) is 6.07 Å². The molecule has 0 aromatic heterocycles. The molecular formula is C15H14ClN3O3. The molecule has 3 amide bonds. The topological polar surface area (TPSA) is 93.5 Å². The van der Waals surface area contributed by atoms with Crippen molar-refractivity contribution in [3.63, 3.8) is 0 Å². The molecule has 0 fully saturated rings. The first-order valence-electron chi connectivity index (χ1n) is 6.38. The zero-order valence-corrected chi connectivity index (χ0v) is 12.3. The van der Waals surface area contributed by atoms with Gasteiger partial charge < -0.3 is 21.1 Å². The molecule has 2 rings (SSSR count). The van der Waals surface area contributed by atoms with E-state index >= 15 is 0 Å². The Bertz CT molecular complexity index is 674. The Morgan fingerprint density at radius 1 is 1.09 bits per heavy atom. The third kappa shape index (κ3) is 4.39. The number of halogens is 1. The fourth-order valence-electron chi connectivity index (χ4n) is 1.69. The lowest BCUT2D eigenvalue weighted by molar-refractivity contribution is 0.100. The van der Waals surface area contributed by atoms with Gasteiger partial charge in [-0.2, -0.15) is 0 Å². The number of hydrogen-bond acceptors (Lipinski definition) is 3. The van der Waals surface area contributed by atoms with Crippen molar-refractivity contribution >= 4 is 29.2 Å². The maximum absolute atomic E-state index is 11.8. The van der Waals surface area contributed by atoms with Crippen LogP contribution in [0.5, 0.6) is 5.75 Å². The Morgan fingerprint density at radius 2 is 1.77 bits per heavy atom. The van der Waals surface area contributed by atoms with E-state index < -0.39 is 11.9 Å². The van der Waals surface area contributed by atoms with Gasteiger partial charge in [0.2, 0.25) is 0 Å². The number of benzene rings is 2. The number of ether oxygens (including phenoxy) is 1. The number of carbonyl (C=O) groups is 2. The van der Waals surface area contributed by atoms with E-state index in [9.17, 15) is 9.59 Å². The Kier molecular flexibility index (Phi) is 5.21. The number of amides is 3. The maximum Gasteiger partial charge on any atom is 0.321 e. The molecule has 0 bridgehead atoms. The molecule has 0 atom stereocenters. The van der Waals surface area contributed by atoms with Crippen molar-refractivity contribution < 1.29 is 14.3 Å². The van der Waals surface area contributed by atoms with Crippen molar-refractivity contribution in [2.45, 2.75) is 0 Å². The summed E-state index contributed by atoms with van der Waals surface area (Å²) in [5, 5.41) is 5.64. The fraction of sp³-hybridized carbons (Fsp3) is 0.0667. The van der Waals surface area contributed by atoms with Crippen LogP contribution in [0.3, 0.4) is 0 Å². The monoisotopic (exact) mass is 319 g/mol. The second-order valence-corrected chi connectivity index (χ2v) is 4.72. The van der Waals surface area contributed by atoms with Gasteiger partial charge in [-0.1, -0.05) is 23.7 Å². The summed E-state index contributed by atoms with van der Waals surface area (Å²) >= 11 is 5.75. The van der Waals surface area contributed by atoms with Gasteiger partial charge in [-0.15, -0.1) is 0 Å². The van der Waals surface area contributed by atoms with Crippen LogP contribution in [0.4, 0.5) is 10.5 Å². The molecule has 4 N–H and O–H groups in total. The molecule has 0 saturated heterocycles. The van der Waals surface area contributed by atoms with Crippen LogP contribution >= 0.6 is 11.6 Å². The van der Waals surface area contributed by atoms with E-state index in [4.69, 9.17) is 22.1 Å². The Balaban J connectivity index is 1.86. The highest BCUT2D eigenvalue weighted by Gasteiger charge is 2.09. The third-order valence-electron chi connectivity index (χ3n) is 2.73. The molecule has 0 aliphatic heterocycles. The highest BCUT2D eigenvalue weighted by Crippen LogP contribution is 2.15. The average molecular weight is 320 g/mol. The minimum absolute atomic E-state index is 0.0355. The first-order chi connectivity index (χ1) is 10.6. The number of para-hydroxylation sites is 1. The van der Waals surface area contributed by atoms with Gasteiger partial charge >= 0.3 is 6.03 Å². The first kappa shape index (κ1) is 15.7. The third-order valence-corrected chi connectivity index (χ3v) is 2.98. The van der Waals surface area contributed by atoms with Crippen LogP contribution in [0, 0.1) is 0 Å². The molecule has 0 unspecified atom stereocenters. The van der Waals surface area contributed by atoms with Crippen molar-refractivity contribution in [3.8, 4) is 5.75 Å². The molecule has 114 valence electrons. The molecule has 7 heteroatoms. The molecular weight excluding hydrogens is 306 g/mol. The first-order valence-corrected chi connectivity index (χ1v) is 6.76. The van der Waals surface area contributed by atoms with E-state index in [0.29, 0.717) is 16.5 Å². The fourth-order valence-corrected chi connectivity index (χ4v) is 1.82. The number of carbonyl (C=O) groups excluding carboxylic acids is 2. The van der Waals surface area contributed by atoms with Gasteiger partial charge in [0, 0.05) is 5.02 Å². The van der Waals surface area contributed by atoms with Gasteiger partial charge in [0.1, 0.15) is 5.75 Å². The summed E-state index contributed by atoms with van der Waals surface area (Å²) in [5.41, 5.74) is 5.80. The molecule has 0 radical (unpaired) electrons. The Labute approximate surface area is 132 Å². The number of primary amides is 1. The lowest BCUT2D eigenvalue weighted by Crippen LogP contribution is -2.32. The molecule has 0 heterocycles. The van der Waals surface area contributed by atoms with Crippen molar-refractivity contribution in [1.82, 2.24) is 5.32 Å². The van der Waals surface area contributed by atoms with Gasteiger partial charge in [0.15, 0.2) is 6.73 Å². The Hall–Kier alpha value is -2.73. The van der Waals surface area contributed by atoms with Gasteiger partial charge in [-0.3, -0.25) is 4.79 Å². The normalized spacial score (nSPS) is 9.86. The number of rotatable bonds is 5. The highest BCUT2D eigenvalue weighted by atomic mass is 35.5. The largest absolute Gasteiger partial charge is 0.473 e. The number of urea groups is 1. The molecule has 2 aromatic carbocycles. The van der Waals surface area contributed by atoms with Crippen LogP contribution in [0.15, 0.2) is 48.5 Å². The molecule has 0 saturated carbocycles. The smallest absolute Gasteiger partial charge is 0.321 e. The minimum Gasteiger partial charge on any atom is -0.473 e. The van der Waals surface area contributed by atoms with Gasteiger partial charge in [0.05, 0.1) is 11.3 Å². The van der Waals surface area contributed by atoms with Crippen LogP contribution in [0.2, 0.25) is 5.02 Å². The van der Waals surface area contributed by atoms with Crippen LogP contribution < -0.4 is 21.1 Å². The summed E-state index contributed by atoms with van der Waals surface area (Å²) in [6.45, 7) is -0.0355. The van der Waals surface area contributed by atoms with Crippen molar-refractivity contribution in [3.05, 3.63) is 59.1 Å². The minimum atomic E-state index is -0.617. The number of nitrogens with one attached hydrogen (secondary N) is 2. The van der Waals surface area contributed by atoms with Crippen LogP contribution in [-0.2, 0) is 0 Å². The molecule has 0 spiro atoms. The van der Waals surface area contributed by atoms with Crippen molar-refractivity contribution in [2.75, 3.05) is 12.0 Å². The standard InChI is InChI=1S/C15H14ClN3O3/c16-10-5-7-11(8-6-10)22-9-18-15(21)19-13-4-2-1-3-12(13)14(17)20/h1-8H,9H2,(H2,17,20)(H2,18,19,21). The average Bonchev–Trinajstić information content (AvgIpc) is 2.49. The van der Waals surface area contributed by atoms with Crippen LogP contribution in [0.25, 0.3) is 0 Å². The quantitative estimate of drug-likeness (QED) is 0.739. The maximum atomic E-state index is 11.8. The Morgan fingerprint density at radius 3 is 2.45 bits per heavy atom. The van der Waals surface area contributed by atoms with Gasteiger partial charge in [-0.25, -0.2) is 4.79 Å². The number of nitrogens with two attached hydrogens (primary N) is 1. The summed E-state index contributed by atoms with van der Waals surface area (Å²) in [5.74, 6) is -0.0458. The molecule has 6 nitrogen and oxygen atoms in total. The van der Waals surface area contributed by atoms with Crippen LogP contribution in [0.1, 0.15) is 10.4 Å². The second kappa shape index (κ2) is 7.33. The summed E-state index contributed by atoms with van der Waals surface area (Å²) in [6.07, 6.45) is 0. The summed E-state index contributed by atoms with van der Waals surface area (Å²) in [6, 6.07) is 12.7. The lowest BCUT2D eigenvalue weighted by Gasteiger charge is -2.11. The van der Waals surface area contributed by atoms with E-state index in [2.05, 4.69) is 10.6 Å². The van der Waals surface area contributed by atoms with Crippen LogP contribution in [-0.4, -0.2) is 18.7 Å². The van der Waals surface area contributed by atoms with E-state index in [1.807, 2.05) is 0 Å².